The van der Waals surface area contributed by atoms with Crippen LogP contribution in [0.15, 0.2) is 243 Å². The molecule has 2 aromatic heterocycles. The number of hydrogen-bond acceptors (Lipinski definition) is 0. The Morgan fingerprint density at radius 3 is 1.00 bits per heavy atom. The molecule has 10 aromatic carbocycles. The van der Waals surface area contributed by atoms with Crippen molar-refractivity contribution < 1.29 is 0 Å². The van der Waals surface area contributed by atoms with E-state index in [0.717, 1.165) is 11.4 Å². The Morgan fingerprint density at radius 2 is 0.500 bits per heavy atom. The lowest BCUT2D eigenvalue weighted by Crippen LogP contribution is -1.96. The average Bonchev–Trinajstić information content (AvgIpc) is 3.87. The number of hydrogen-bond donors (Lipinski definition) is 0. The van der Waals surface area contributed by atoms with Crippen LogP contribution in [0.4, 0.5) is 0 Å². The zero-order valence-corrected chi connectivity index (χ0v) is 34.0. The highest BCUT2D eigenvalue weighted by atomic mass is 15.0. The normalized spacial score (nSPS) is 11.5. The number of rotatable bonds is 7. The molecule has 2 heterocycles. The third kappa shape index (κ3) is 6.12. The van der Waals surface area contributed by atoms with Gasteiger partial charge in [-0.15, -0.1) is 0 Å². The molecule has 12 aromatic rings. The van der Waals surface area contributed by atoms with Crippen molar-refractivity contribution in [3.05, 3.63) is 243 Å². The number of para-hydroxylation sites is 3. The summed E-state index contributed by atoms with van der Waals surface area (Å²) >= 11 is 0. The van der Waals surface area contributed by atoms with E-state index >= 15 is 0 Å². The van der Waals surface area contributed by atoms with Crippen molar-refractivity contribution in [1.29, 1.82) is 0 Å². The van der Waals surface area contributed by atoms with Gasteiger partial charge in [0.05, 0.1) is 22.1 Å². The molecular formula is C60H40N2. The summed E-state index contributed by atoms with van der Waals surface area (Å²) in [7, 11) is 0. The Morgan fingerprint density at radius 1 is 0.177 bits per heavy atom. The van der Waals surface area contributed by atoms with Gasteiger partial charge >= 0.3 is 0 Å². The monoisotopic (exact) mass is 788 g/mol. The Balaban J connectivity index is 0.977. The highest BCUT2D eigenvalue weighted by Crippen LogP contribution is 2.39. The van der Waals surface area contributed by atoms with Gasteiger partial charge in [-0.3, -0.25) is 0 Å². The van der Waals surface area contributed by atoms with Crippen LogP contribution >= 0.6 is 0 Å². The van der Waals surface area contributed by atoms with Crippen LogP contribution in [0.2, 0.25) is 0 Å². The van der Waals surface area contributed by atoms with Crippen LogP contribution in [0.25, 0.3) is 111 Å². The Kier molecular flexibility index (Phi) is 8.53. The first-order valence-electron chi connectivity index (χ1n) is 21.3. The van der Waals surface area contributed by atoms with Crippen LogP contribution in [0.5, 0.6) is 0 Å². The summed E-state index contributed by atoms with van der Waals surface area (Å²) in [6.45, 7) is 0. The Labute approximate surface area is 360 Å². The second-order valence-corrected chi connectivity index (χ2v) is 16.2. The maximum Gasteiger partial charge on any atom is 0.0542 e. The summed E-state index contributed by atoms with van der Waals surface area (Å²) in [6.07, 6.45) is 0. The summed E-state index contributed by atoms with van der Waals surface area (Å²) in [5.74, 6) is 0. The second-order valence-electron chi connectivity index (χ2n) is 16.2. The van der Waals surface area contributed by atoms with Crippen LogP contribution in [-0.4, -0.2) is 9.13 Å². The van der Waals surface area contributed by atoms with Crippen molar-refractivity contribution in [3.63, 3.8) is 0 Å². The first-order valence-corrected chi connectivity index (χ1v) is 21.3. The minimum absolute atomic E-state index is 1.13. The molecule has 0 atom stereocenters. The fourth-order valence-corrected chi connectivity index (χ4v) is 9.53. The molecule has 2 nitrogen and oxygen atoms in total. The molecule has 0 radical (unpaired) electrons. The molecular weight excluding hydrogens is 749 g/mol. The number of fused-ring (bicyclic) bond motifs is 6. The predicted molar refractivity (Wildman–Crippen MR) is 262 cm³/mol. The molecule has 0 aliphatic heterocycles. The van der Waals surface area contributed by atoms with Gasteiger partial charge in [-0.2, -0.15) is 0 Å². The first-order chi connectivity index (χ1) is 30.7. The van der Waals surface area contributed by atoms with Crippen molar-refractivity contribution in [2.45, 2.75) is 0 Å². The van der Waals surface area contributed by atoms with Crippen LogP contribution in [0.3, 0.4) is 0 Å². The molecule has 0 N–H and O–H groups in total. The standard InChI is InChI=1S/C60H40N2/c1-3-15-41(16-4-1)44-19-13-21-46(35-44)49-37-48(38-50(39-49)47-22-14-20-45(36-47)42-17-5-2-6-18-42)43-29-31-51(32-30-43)61-59-28-12-9-25-55(59)56-40-52(33-34-60(56)61)62-57-26-10-7-23-53(57)54-24-8-11-27-58(54)62/h1-40H. The fourth-order valence-electron chi connectivity index (χ4n) is 9.53. The highest BCUT2D eigenvalue weighted by Gasteiger charge is 2.17. The lowest BCUT2D eigenvalue weighted by molar-refractivity contribution is 1.17. The number of aromatic nitrogens is 2. The molecule has 0 amide bonds. The smallest absolute Gasteiger partial charge is 0.0542 e. The van der Waals surface area contributed by atoms with Crippen LogP contribution in [0, 0.1) is 0 Å². The average molecular weight is 789 g/mol. The second kappa shape index (κ2) is 14.8. The molecule has 62 heavy (non-hydrogen) atoms. The third-order valence-electron chi connectivity index (χ3n) is 12.5. The topological polar surface area (TPSA) is 9.86 Å². The molecule has 12 rings (SSSR count). The van der Waals surface area contributed by atoms with Gasteiger partial charge in [0.2, 0.25) is 0 Å². The lowest BCUT2D eigenvalue weighted by Gasteiger charge is -2.14. The van der Waals surface area contributed by atoms with E-state index in [1.165, 1.54) is 99.2 Å². The third-order valence-corrected chi connectivity index (χ3v) is 12.5. The number of nitrogens with zero attached hydrogens (tertiary/aromatic N) is 2. The molecule has 0 aliphatic rings. The van der Waals surface area contributed by atoms with E-state index in [2.05, 4.69) is 252 Å². The Hall–Kier alpha value is -8.20. The van der Waals surface area contributed by atoms with E-state index in [-0.39, 0.29) is 0 Å². The van der Waals surface area contributed by atoms with E-state index in [4.69, 9.17) is 0 Å². The van der Waals surface area contributed by atoms with E-state index in [1.54, 1.807) is 0 Å². The van der Waals surface area contributed by atoms with Gasteiger partial charge in [-0.25, -0.2) is 0 Å². The first kappa shape index (κ1) is 35.7. The van der Waals surface area contributed by atoms with Gasteiger partial charge in [0.1, 0.15) is 0 Å². The van der Waals surface area contributed by atoms with Gasteiger partial charge in [0.15, 0.2) is 0 Å². The van der Waals surface area contributed by atoms with Gasteiger partial charge < -0.3 is 9.13 Å². The molecule has 0 fully saturated rings. The summed E-state index contributed by atoms with van der Waals surface area (Å²) in [6, 6.07) is 88.5. The highest BCUT2D eigenvalue weighted by molar-refractivity contribution is 6.12. The summed E-state index contributed by atoms with van der Waals surface area (Å²) in [4.78, 5) is 0. The maximum atomic E-state index is 2.41. The van der Waals surface area contributed by atoms with E-state index in [1.807, 2.05) is 0 Å². The van der Waals surface area contributed by atoms with Gasteiger partial charge in [-0.1, -0.05) is 164 Å². The summed E-state index contributed by atoms with van der Waals surface area (Å²) in [5.41, 5.74) is 19.0. The predicted octanol–water partition coefficient (Wildman–Crippen LogP) is 16.2. The minimum Gasteiger partial charge on any atom is -0.309 e. The molecule has 0 saturated heterocycles. The van der Waals surface area contributed by atoms with Crippen molar-refractivity contribution in [2.24, 2.45) is 0 Å². The van der Waals surface area contributed by atoms with E-state index < -0.39 is 0 Å². The van der Waals surface area contributed by atoms with E-state index in [0.29, 0.717) is 0 Å². The van der Waals surface area contributed by atoms with Crippen molar-refractivity contribution >= 4 is 43.6 Å². The zero-order chi connectivity index (χ0) is 41.0. The van der Waals surface area contributed by atoms with Crippen LogP contribution in [-0.2, 0) is 0 Å². The van der Waals surface area contributed by atoms with Gasteiger partial charge in [0, 0.05) is 32.9 Å². The fraction of sp³-hybridized carbons (Fsp3) is 0. The van der Waals surface area contributed by atoms with Crippen LogP contribution < -0.4 is 0 Å². The molecule has 2 heteroatoms. The number of benzene rings is 10. The molecule has 0 bridgehead atoms. The summed E-state index contributed by atoms with van der Waals surface area (Å²) < 4.78 is 4.82. The van der Waals surface area contributed by atoms with Crippen molar-refractivity contribution in [1.82, 2.24) is 9.13 Å². The van der Waals surface area contributed by atoms with Crippen molar-refractivity contribution in [3.8, 4) is 67.0 Å². The zero-order valence-electron chi connectivity index (χ0n) is 34.0. The molecule has 0 aliphatic carbocycles. The van der Waals surface area contributed by atoms with Crippen molar-refractivity contribution in [2.75, 3.05) is 0 Å². The van der Waals surface area contributed by atoms with E-state index in [9.17, 15) is 0 Å². The maximum absolute atomic E-state index is 2.41. The van der Waals surface area contributed by atoms with Crippen LogP contribution in [0.1, 0.15) is 0 Å². The molecule has 290 valence electrons. The van der Waals surface area contributed by atoms with Gasteiger partial charge in [0.25, 0.3) is 0 Å². The minimum atomic E-state index is 1.13. The molecule has 0 spiro atoms. The summed E-state index contributed by atoms with van der Waals surface area (Å²) in [5, 5.41) is 5.01. The lowest BCUT2D eigenvalue weighted by atomic mass is 9.91. The van der Waals surface area contributed by atoms with Gasteiger partial charge in [-0.05, 0) is 134 Å². The molecule has 0 saturated carbocycles. The molecule has 0 unspecified atom stereocenters. The largest absolute Gasteiger partial charge is 0.309 e. The quantitative estimate of drug-likeness (QED) is 0.152. The SMILES string of the molecule is c1ccc(-c2cccc(-c3cc(-c4ccc(-n5c6ccccc6c6cc(-n7c8ccccc8c8ccccc87)ccc65)cc4)cc(-c4cccc(-c5ccccc5)c4)c3)c2)cc1. The Bertz CT molecular complexity index is 3460.